The Balaban J connectivity index is 1.65. The van der Waals surface area contributed by atoms with Gasteiger partial charge >= 0.3 is 0 Å². The fourth-order valence-electron chi connectivity index (χ4n) is 3.87. The van der Waals surface area contributed by atoms with E-state index in [0.717, 1.165) is 18.6 Å². The largest absolute Gasteiger partial charge is 0.316 e. The third-order valence-electron chi connectivity index (χ3n) is 5.05. The van der Waals surface area contributed by atoms with Crippen molar-refractivity contribution in [3.63, 3.8) is 0 Å². The number of nitrogens with one attached hydrogen (secondary N) is 1. The predicted octanol–water partition coefficient (Wildman–Crippen LogP) is 3.39. The third kappa shape index (κ3) is 2.25. The van der Waals surface area contributed by atoms with E-state index in [1.165, 1.54) is 24.1 Å². The summed E-state index contributed by atoms with van der Waals surface area (Å²) in [6.45, 7) is 2.23. The second-order valence-corrected chi connectivity index (χ2v) is 8.84. The number of amides is 1. The molecule has 5 heteroatoms. The molecule has 0 bridgehead atoms. The van der Waals surface area contributed by atoms with E-state index in [1.807, 2.05) is 11.8 Å². The van der Waals surface area contributed by atoms with Gasteiger partial charge in [0, 0.05) is 16.2 Å². The van der Waals surface area contributed by atoms with Gasteiger partial charge in [-0.1, -0.05) is 19.4 Å². The molecule has 3 unspecified atom stereocenters. The SMILES string of the molecule is CCSC1CCCC1N1C(=O)C2(CC2)NC1c1cccs1. The van der Waals surface area contributed by atoms with Gasteiger partial charge in [-0.15, -0.1) is 11.3 Å². The van der Waals surface area contributed by atoms with Crippen molar-refractivity contribution in [1.82, 2.24) is 10.2 Å². The summed E-state index contributed by atoms with van der Waals surface area (Å²) in [5.74, 6) is 1.51. The molecule has 1 N–H and O–H groups in total. The summed E-state index contributed by atoms with van der Waals surface area (Å²) in [7, 11) is 0. The van der Waals surface area contributed by atoms with Crippen LogP contribution in [0, 0.1) is 0 Å². The van der Waals surface area contributed by atoms with Crippen molar-refractivity contribution in [2.24, 2.45) is 0 Å². The zero-order valence-electron chi connectivity index (χ0n) is 12.4. The van der Waals surface area contributed by atoms with Crippen LogP contribution < -0.4 is 5.32 Å². The minimum absolute atomic E-state index is 0.114. The highest BCUT2D eigenvalue weighted by atomic mass is 32.2. The molecule has 0 aromatic carbocycles. The molecule has 3 fully saturated rings. The average molecular weight is 322 g/mol. The lowest BCUT2D eigenvalue weighted by atomic mass is 10.1. The molecule has 2 aliphatic carbocycles. The third-order valence-corrected chi connectivity index (χ3v) is 7.29. The summed E-state index contributed by atoms with van der Waals surface area (Å²) in [6.07, 6.45) is 5.84. The quantitative estimate of drug-likeness (QED) is 0.922. The van der Waals surface area contributed by atoms with Gasteiger partial charge in [0.15, 0.2) is 0 Å². The number of carbonyl (C=O) groups excluding carboxylic acids is 1. The average Bonchev–Trinajstić information content (AvgIpc) is 2.83. The first-order valence-corrected chi connectivity index (χ1v) is 9.93. The number of nitrogens with zero attached hydrogens (tertiary/aromatic N) is 1. The topological polar surface area (TPSA) is 32.3 Å². The Labute approximate surface area is 134 Å². The van der Waals surface area contributed by atoms with Crippen LogP contribution in [-0.2, 0) is 4.79 Å². The Bertz CT molecular complexity index is 526. The predicted molar refractivity (Wildman–Crippen MR) is 88.6 cm³/mol. The molecule has 1 aromatic rings. The maximum Gasteiger partial charge on any atom is 0.244 e. The van der Waals surface area contributed by atoms with Crippen LogP contribution in [-0.4, -0.2) is 33.4 Å². The number of hydrogen-bond donors (Lipinski definition) is 1. The summed E-state index contributed by atoms with van der Waals surface area (Å²) >= 11 is 3.80. The molecule has 114 valence electrons. The van der Waals surface area contributed by atoms with Gasteiger partial charge in [-0.05, 0) is 42.9 Å². The molecule has 3 aliphatic rings. The lowest BCUT2D eigenvalue weighted by Gasteiger charge is -2.33. The van der Waals surface area contributed by atoms with E-state index in [2.05, 4.69) is 34.7 Å². The molecule has 2 saturated carbocycles. The monoisotopic (exact) mass is 322 g/mol. The first-order valence-electron chi connectivity index (χ1n) is 8.01. The van der Waals surface area contributed by atoms with Crippen molar-refractivity contribution in [3.05, 3.63) is 22.4 Å². The molecule has 0 radical (unpaired) electrons. The van der Waals surface area contributed by atoms with Gasteiger partial charge in [-0.2, -0.15) is 11.8 Å². The normalized spacial score (nSPS) is 34.0. The number of thioether (sulfide) groups is 1. The second-order valence-electron chi connectivity index (χ2n) is 6.35. The van der Waals surface area contributed by atoms with Gasteiger partial charge in [-0.25, -0.2) is 0 Å². The molecule has 3 nitrogen and oxygen atoms in total. The molecule has 2 heterocycles. The molecule has 1 spiro atoms. The first kappa shape index (κ1) is 14.1. The van der Waals surface area contributed by atoms with E-state index in [9.17, 15) is 4.79 Å². The highest BCUT2D eigenvalue weighted by Crippen LogP contribution is 2.49. The zero-order chi connectivity index (χ0) is 14.4. The second kappa shape index (κ2) is 5.28. The molecule has 1 amide bonds. The first-order chi connectivity index (χ1) is 10.2. The molecular formula is C16H22N2OS2. The number of rotatable bonds is 4. The molecule has 4 rings (SSSR count). The van der Waals surface area contributed by atoms with E-state index < -0.39 is 0 Å². The van der Waals surface area contributed by atoms with Crippen LogP contribution in [0.1, 0.15) is 50.1 Å². The van der Waals surface area contributed by atoms with Crippen LogP contribution in [0.2, 0.25) is 0 Å². The number of hydrogen-bond acceptors (Lipinski definition) is 4. The molecule has 3 atom stereocenters. The van der Waals surface area contributed by atoms with Crippen LogP contribution in [0.15, 0.2) is 17.5 Å². The van der Waals surface area contributed by atoms with Gasteiger partial charge < -0.3 is 4.90 Å². The maximum absolute atomic E-state index is 13.0. The summed E-state index contributed by atoms with van der Waals surface area (Å²) in [5.41, 5.74) is -0.210. The lowest BCUT2D eigenvalue weighted by Crippen LogP contribution is -2.43. The number of thiophene rings is 1. The molecule has 1 aromatic heterocycles. The Morgan fingerprint density at radius 1 is 1.48 bits per heavy atom. The van der Waals surface area contributed by atoms with E-state index in [0.29, 0.717) is 17.2 Å². The van der Waals surface area contributed by atoms with E-state index in [4.69, 9.17) is 0 Å². The standard InChI is InChI=1S/C16H22N2OS2/c1-2-20-12-6-3-5-11(12)18-14(13-7-4-10-21-13)17-16(8-9-16)15(18)19/h4,7,10-12,14,17H,2-3,5-6,8-9H2,1H3. The van der Waals surface area contributed by atoms with Crippen molar-refractivity contribution in [2.75, 3.05) is 5.75 Å². The summed E-state index contributed by atoms with van der Waals surface area (Å²) in [5, 5.41) is 6.40. The van der Waals surface area contributed by atoms with Crippen molar-refractivity contribution < 1.29 is 4.79 Å². The minimum Gasteiger partial charge on any atom is -0.316 e. The van der Waals surface area contributed by atoms with Crippen molar-refractivity contribution >= 4 is 29.0 Å². The van der Waals surface area contributed by atoms with Crippen LogP contribution >= 0.6 is 23.1 Å². The fraction of sp³-hybridized carbons (Fsp3) is 0.688. The highest BCUT2D eigenvalue weighted by Gasteiger charge is 2.61. The van der Waals surface area contributed by atoms with Gasteiger partial charge in [0.2, 0.25) is 5.91 Å². The lowest BCUT2D eigenvalue weighted by molar-refractivity contribution is -0.132. The van der Waals surface area contributed by atoms with Gasteiger partial charge in [0.1, 0.15) is 11.7 Å². The number of carbonyl (C=O) groups is 1. The summed E-state index contributed by atoms with van der Waals surface area (Å²) in [6, 6.07) is 4.68. The van der Waals surface area contributed by atoms with Gasteiger partial charge in [-0.3, -0.25) is 10.1 Å². The zero-order valence-corrected chi connectivity index (χ0v) is 14.0. The van der Waals surface area contributed by atoms with E-state index >= 15 is 0 Å². The van der Waals surface area contributed by atoms with Crippen molar-refractivity contribution in [3.8, 4) is 0 Å². The minimum atomic E-state index is -0.210. The Morgan fingerprint density at radius 2 is 2.33 bits per heavy atom. The van der Waals surface area contributed by atoms with E-state index in [1.54, 1.807) is 11.3 Å². The van der Waals surface area contributed by atoms with Crippen LogP contribution in [0.25, 0.3) is 0 Å². The fourth-order valence-corrected chi connectivity index (χ4v) is 5.89. The Kier molecular flexibility index (Phi) is 3.55. The summed E-state index contributed by atoms with van der Waals surface area (Å²) < 4.78 is 0. The van der Waals surface area contributed by atoms with Crippen LogP contribution in [0.5, 0.6) is 0 Å². The van der Waals surface area contributed by atoms with Crippen molar-refractivity contribution in [2.45, 2.75) is 62.0 Å². The van der Waals surface area contributed by atoms with Gasteiger partial charge in [0.25, 0.3) is 0 Å². The Hall–Kier alpha value is -0.520. The summed E-state index contributed by atoms with van der Waals surface area (Å²) in [4.78, 5) is 16.5. The Morgan fingerprint density at radius 3 is 3.00 bits per heavy atom. The molecule has 21 heavy (non-hydrogen) atoms. The van der Waals surface area contributed by atoms with Gasteiger partial charge in [0.05, 0.1) is 0 Å². The molecule has 1 aliphatic heterocycles. The van der Waals surface area contributed by atoms with Crippen molar-refractivity contribution in [1.29, 1.82) is 0 Å². The smallest absolute Gasteiger partial charge is 0.244 e. The van der Waals surface area contributed by atoms with E-state index in [-0.39, 0.29) is 11.7 Å². The highest BCUT2D eigenvalue weighted by molar-refractivity contribution is 7.99. The maximum atomic E-state index is 13.0. The van der Waals surface area contributed by atoms with Crippen LogP contribution in [0.4, 0.5) is 0 Å². The molecular weight excluding hydrogens is 300 g/mol. The molecule has 1 saturated heterocycles. The van der Waals surface area contributed by atoms with Crippen LogP contribution in [0.3, 0.4) is 0 Å².